The van der Waals surface area contributed by atoms with Gasteiger partial charge in [-0.25, -0.2) is 8.42 Å². The number of benzene rings is 3. The number of aryl methyl sites for hydroxylation is 3. The van der Waals surface area contributed by atoms with Crippen molar-refractivity contribution in [1.29, 1.82) is 0 Å². The van der Waals surface area contributed by atoms with Crippen molar-refractivity contribution in [3.8, 4) is 0 Å². The van der Waals surface area contributed by atoms with Gasteiger partial charge in [0.1, 0.15) is 6.54 Å². The molecule has 0 unspecified atom stereocenters. The van der Waals surface area contributed by atoms with Crippen LogP contribution >= 0.6 is 11.6 Å². The van der Waals surface area contributed by atoms with Gasteiger partial charge < -0.3 is 5.32 Å². The molecule has 1 aliphatic carbocycles. The van der Waals surface area contributed by atoms with Crippen LogP contribution < -0.4 is 9.62 Å². The fraction of sp³-hybridized carbons (Fsp3) is 0.296. The van der Waals surface area contributed by atoms with Crippen LogP contribution in [0.5, 0.6) is 0 Å². The molecule has 1 atom stereocenters. The van der Waals surface area contributed by atoms with Gasteiger partial charge in [0.25, 0.3) is 10.0 Å². The van der Waals surface area contributed by atoms with Gasteiger partial charge in [0, 0.05) is 5.02 Å². The smallest absolute Gasteiger partial charge is 0.264 e. The number of hydrogen-bond donors (Lipinski definition) is 1. The van der Waals surface area contributed by atoms with Crippen molar-refractivity contribution in [3.63, 3.8) is 0 Å². The third kappa shape index (κ3) is 5.45. The van der Waals surface area contributed by atoms with Gasteiger partial charge in [0.15, 0.2) is 0 Å². The standard InChI is InChI=1S/C27H29ClN2O3S/c1-19-10-14-26(15-11-19)34(32,33)30(25-9-5-8-24(28)17-25)18-27(31)29-20(2)22-13-12-21-6-3-4-7-23(21)16-22/h5,8-17,20H,3-4,6-7,18H2,1-2H3,(H,29,31)/t20-/m0/s1. The van der Waals surface area contributed by atoms with E-state index in [-0.39, 0.29) is 23.4 Å². The Morgan fingerprint density at radius 3 is 2.41 bits per heavy atom. The highest BCUT2D eigenvalue weighted by Gasteiger charge is 2.28. The topological polar surface area (TPSA) is 66.5 Å². The highest BCUT2D eigenvalue weighted by atomic mass is 35.5. The number of hydrogen-bond acceptors (Lipinski definition) is 3. The third-order valence-electron chi connectivity index (χ3n) is 6.24. The van der Waals surface area contributed by atoms with Crippen molar-refractivity contribution in [3.05, 3.63) is 94.0 Å². The number of amides is 1. The van der Waals surface area contributed by atoms with Gasteiger partial charge in [0.05, 0.1) is 16.6 Å². The van der Waals surface area contributed by atoms with E-state index in [9.17, 15) is 13.2 Å². The van der Waals surface area contributed by atoms with Gasteiger partial charge in [-0.15, -0.1) is 0 Å². The molecule has 0 radical (unpaired) electrons. The minimum atomic E-state index is -3.98. The Balaban J connectivity index is 1.57. The molecular formula is C27H29ClN2O3S. The number of anilines is 1. The zero-order chi connectivity index (χ0) is 24.3. The molecule has 0 aromatic heterocycles. The Labute approximate surface area is 206 Å². The largest absolute Gasteiger partial charge is 0.348 e. The lowest BCUT2D eigenvalue weighted by atomic mass is 9.89. The van der Waals surface area contributed by atoms with Gasteiger partial charge in [-0.1, -0.05) is 53.6 Å². The molecule has 0 heterocycles. The van der Waals surface area contributed by atoms with E-state index in [0.29, 0.717) is 10.7 Å². The minimum Gasteiger partial charge on any atom is -0.348 e. The molecule has 3 aromatic carbocycles. The second-order valence-corrected chi connectivity index (χ2v) is 11.1. The van der Waals surface area contributed by atoms with Gasteiger partial charge >= 0.3 is 0 Å². The van der Waals surface area contributed by atoms with Crippen LogP contribution in [0.25, 0.3) is 0 Å². The van der Waals surface area contributed by atoms with Gasteiger partial charge in [0.2, 0.25) is 5.91 Å². The Morgan fingerprint density at radius 1 is 1.00 bits per heavy atom. The summed E-state index contributed by atoms with van der Waals surface area (Å²) in [5, 5.41) is 3.37. The van der Waals surface area contributed by atoms with E-state index in [2.05, 4.69) is 17.4 Å². The number of rotatable bonds is 7. The van der Waals surface area contributed by atoms with E-state index < -0.39 is 10.0 Å². The normalized spacial score (nSPS) is 14.2. The van der Waals surface area contributed by atoms with Crippen LogP contribution in [-0.4, -0.2) is 20.9 Å². The quantitative estimate of drug-likeness (QED) is 0.463. The average Bonchev–Trinajstić information content (AvgIpc) is 2.82. The summed E-state index contributed by atoms with van der Waals surface area (Å²) in [5.74, 6) is -0.388. The van der Waals surface area contributed by atoms with Crippen LogP contribution in [0.4, 0.5) is 5.69 Å². The molecule has 1 aliphatic rings. The Bertz CT molecular complexity index is 1290. The maximum Gasteiger partial charge on any atom is 0.264 e. The van der Waals surface area contributed by atoms with Crippen LogP contribution in [0.2, 0.25) is 5.02 Å². The zero-order valence-electron chi connectivity index (χ0n) is 19.4. The first-order chi connectivity index (χ1) is 16.2. The second-order valence-electron chi connectivity index (χ2n) is 8.83. The van der Waals surface area contributed by atoms with Crippen LogP contribution in [-0.2, 0) is 27.7 Å². The summed E-state index contributed by atoms with van der Waals surface area (Å²) >= 11 is 6.14. The summed E-state index contributed by atoms with van der Waals surface area (Å²) in [5.41, 5.74) is 5.02. The van der Waals surface area contributed by atoms with Crippen LogP contribution in [0.1, 0.15) is 48.1 Å². The fourth-order valence-electron chi connectivity index (χ4n) is 4.31. The van der Waals surface area contributed by atoms with Crippen molar-refractivity contribution in [1.82, 2.24) is 5.32 Å². The maximum absolute atomic E-state index is 13.5. The predicted octanol–water partition coefficient (Wildman–Crippen LogP) is 5.60. The monoisotopic (exact) mass is 496 g/mol. The Hall–Kier alpha value is -2.83. The first-order valence-corrected chi connectivity index (χ1v) is 13.3. The van der Waals surface area contributed by atoms with E-state index >= 15 is 0 Å². The number of sulfonamides is 1. The van der Waals surface area contributed by atoms with E-state index in [1.807, 2.05) is 19.9 Å². The average molecular weight is 497 g/mol. The molecule has 178 valence electrons. The molecule has 3 aromatic rings. The van der Waals surface area contributed by atoms with Gasteiger partial charge in [-0.2, -0.15) is 0 Å². The SMILES string of the molecule is Cc1ccc(S(=O)(=O)N(CC(=O)N[C@@H](C)c2ccc3c(c2)CCCC3)c2cccc(Cl)c2)cc1. The van der Waals surface area contributed by atoms with Crippen molar-refractivity contribution < 1.29 is 13.2 Å². The molecular weight excluding hydrogens is 468 g/mol. The number of nitrogens with zero attached hydrogens (tertiary/aromatic N) is 1. The lowest BCUT2D eigenvalue weighted by Crippen LogP contribution is -2.41. The molecule has 5 nitrogen and oxygen atoms in total. The number of halogens is 1. The molecule has 0 fully saturated rings. The van der Waals surface area contributed by atoms with Crippen molar-refractivity contribution in [2.45, 2.75) is 50.5 Å². The summed E-state index contributed by atoms with van der Waals surface area (Å²) in [7, 11) is -3.98. The van der Waals surface area contributed by atoms with Gasteiger partial charge in [-0.05, 0) is 86.6 Å². The predicted molar refractivity (Wildman–Crippen MR) is 137 cm³/mol. The molecule has 0 aliphatic heterocycles. The molecule has 7 heteroatoms. The Kier molecular flexibility index (Phi) is 7.29. The second kappa shape index (κ2) is 10.2. The molecule has 0 bridgehead atoms. The lowest BCUT2D eigenvalue weighted by Gasteiger charge is -2.25. The van der Waals surface area contributed by atoms with Crippen LogP contribution in [0, 0.1) is 6.92 Å². The van der Waals surface area contributed by atoms with E-state index in [1.165, 1.54) is 24.0 Å². The van der Waals surface area contributed by atoms with Crippen LogP contribution in [0.3, 0.4) is 0 Å². The molecule has 1 amide bonds. The van der Waals surface area contributed by atoms with E-state index in [0.717, 1.165) is 28.3 Å². The fourth-order valence-corrected chi connectivity index (χ4v) is 5.90. The zero-order valence-corrected chi connectivity index (χ0v) is 21.0. The van der Waals surface area contributed by atoms with Crippen molar-refractivity contribution >= 4 is 33.2 Å². The number of carbonyl (C=O) groups is 1. The summed E-state index contributed by atoms with van der Waals surface area (Å²) in [6.07, 6.45) is 4.55. The maximum atomic E-state index is 13.5. The van der Waals surface area contributed by atoms with Gasteiger partial charge in [-0.3, -0.25) is 9.10 Å². The number of carbonyl (C=O) groups excluding carboxylic acids is 1. The third-order valence-corrected chi connectivity index (χ3v) is 8.27. The van der Waals surface area contributed by atoms with Crippen molar-refractivity contribution in [2.75, 3.05) is 10.8 Å². The van der Waals surface area contributed by atoms with Crippen LogP contribution in [0.15, 0.2) is 71.6 Å². The molecule has 0 saturated heterocycles. The van der Waals surface area contributed by atoms with E-state index in [1.54, 1.807) is 48.5 Å². The summed E-state index contributed by atoms with van der Waals surface area (Å²) in [4.78, 5) is 13.2. The summed E-state index contributed by atoms with van der Waals surface area (Å²) < 4.78 is 28.1. The first-order valence-electron chi connectivity index (χ1n) is 11.5. The minimum absolute atomic E-state index is 0.119. The molecule has 0 saturated carbocycles. The van der Waals surface area contributed by atoms with E-state index in [4.69, 9.17) is 11.6 Å². The Morgan fingerprint density at radius 2 is 1.71 bits per heavy atom. The molecule has 0 spiro atoms. The highest BCUT2D eigenvalue weighted by molar-refractivity contribution is 7.92. The number of nitrogens with one attached hydrogen (secondary N) is 1. The van der Waals surface area contributed by atoms with Crippen molar-refractivity contribution in [2.24, 2.45) is 0 Å². The number of fused-ring (bicyclic) bond motifs is 1. The molecule has 34 heavy (non-hydrogen) atoms. The highest BCUT2D eigenvalue weighted by Crippen LogP contribution is 2.27. The molecule has 1 N–H and O–H groups in total. The first kappa shape index (κ1) is 24.3. The lowest BCUT2D eigenvalue weighted by molar-refractivity contribution is -0.120. The molecule has 4 rings (SSSR count). The summed E-state index contributed by atoms with van der Waals surface area (Å²) in [6.45, 7) is 3.45. The summed E-state index contributed by atoms with van der Waals surface area (Å²) in [6, 6.07) is 19.2.